The zero-order valence-electron chi connectivity index (χ0n) is 13.3. The van der Waals surface area contributed by atoms with E-state index < -0.39 is 0 Å². The number of fused-ring (bicyclic) bond motifs is 2. The number of nitrogens with one attached hydrogen (secondary N) is 1. The Balaban J connectivity index is 1.59. The summed E-state index contributed by atoms with van der Waals surface area (Å²) in [5, 5.41) is 12.0. The highest BCUT2D eigenvalue weighted by molar-refractivity contribution is 5.85. The maximum Gasteiger partial charge on any atom is 0.163 e. The first-order chi connectivity index (χ1) is 10.5. The molecule has 1 aliphatic carbocycles. The first kappa shape index (κ1) is 13.9. The highest BCUT2D eigenvalue weighted by Gasteiger charge is 2.56. The first-order valence-corrected chi connectivity index (χ1v) is 8.03. The minimum atomic E-state index is -0.297. The predicted molar refractivity (Wildman–Crippen MR) is 83.7 cm³/mol. The maximum atomic E-state index is 12.6. The fraction of sp³-hybridized carbons (Fsp3) is 0.588. The first-order valence-electron chi connectivity index (χ1n) is 8.03. The van der Waals surface area contributed by atoms with Crippen LogP contribution in [0.5, 0.6) is 0 Å². The fourth-order valence-corrected chi connectivity index (χ4v) is 4.04. The van der Waals surface area contributed by atoms with Crippen LogP contribution in [-0.2, 0) is 10.2 Å². The van der Waals surface area contributed by atoms with Crippen molar-refractivity contribution in [3.8, 4) is 0 Å². The van der Waals surface area contributed by atoms with Crippen LogP contribution in [0.3, 0.4) is 0 Å². The molecule has 116 valence electrons. The number of carbonyl (C=O) groups excluding carboxylic acids is 1. The monoisotopic (exact) mass is 298 g/mol. The van der Waals surface area contributed by atoms with Crippen LogP contribution in [-0.4, -0.2) is 33.5 Å². The molecule has 3 heterocycles. The average Bonchev–Trinajstić information content (AvgIpc) is 2.85. The van der Waals surface area contributed by atoms with Crippen molar-refractivity contribution in [2.24, 2.45) is 17.8 Å². The number of pyridine rings is 1. The lowest BCUT2D eigenvalue weighted by Crippen LogP contribution is -2.28. The number of rotatable bonds is 4. The second kappa shape index (κ2) is 4.62. The molecule has 0 bridgehead atoms. The van der Waals surface area contributed by atoms with Gasteiger partial charge in [-0.1, -0.05) is 19.9 Å². The fourth-order valence-electron chi connectivity index (χ4n) is 4.04. The molecule has 1 N–H and O–H groups in total. The summed E-state index contributed by atoms with van der Waals surface area (Å²) in [5.74, 6) is 2.72. The highest BCUT2D eigenvalue weighted by Crippen LogP contribution is 2.50. The van der Waals surface area contributed by atoms with E-state index in [1.54, 1.807) is 0 Å². The number of aryl methyl sites for hydroxylation is 1. The van der Waals surface area contributed by atoms with Crippen LogP contribution in [0.15, 0.2) is 18.3 Å². The van der Waals surface area contributed by atoms with Gasteiger partial charge in [-0.25, -0.2) is 0 Å². The number of aromatic nitrogens is 3. The molecule has 1 saturated carbocycles. The van der Waals surface area contributed by atoms with Crippen LogP contribution >= 0.6 is 0 Å². The van der Waals surface area contributed by atoms with Gasteiger partial charge in [0, 0.05) is 24.0 Å². The summed E-state index contributed by atoms with van der Waals surface area (Å²) in [6.07, 6.45) is 2.53. The average molecular weight is 298 g/mol. The van der Waals surface area contributed by atoms with E-state index in [0.717, 1.165) is 30.1 Å². The van der Waals surface area contributed by atoms with E-state index in [1.807, 2.05) is 29.7 Å². The summed E-state index contributed by atoms with van der Waals surface area (Å²) in [5.41, 5.74) is 1.69. The number of nitrogens with zero attached hydrogens (tertiary/aromatic N) is 3. The topological polar surface area (TPSA) is 59.3 Å². The molecule has 22 heavy (non-hydrogen) atoms. The van der Waals surface area contributed by atoms with Crippen molar-refractivity contribution in [2.75, 3.05) is 13.1 Å². The van der Waals surface area contributed by atoms with E-state index in [4.69, 9.17) is 0 Å². The molecule has 2 aromatic rings. The lowest BCUT2D eigenvalue weighted by atomic mass is 9.84. The highest BCUT2D eigenvalue weighted by atomic mass is 16.1. The lowest BCUT2D eigenvalue weighted by molar-refractivity contribution is -0.122. The Hall–Kier alpha value is -1.75. The van der Waals surface area contributed by atoms with Gasteiger partial charge in [-0.2, -0.15) is 0 Å². The van der Waals surface area contributed by atoms with Crippen molar-refractivity contribution < 1.29 is 4.79 Å². The van der Waals surface area contributed by atoms with Gasteiger partial charge in [0.25, 0.3) is 0 Å². The molecule has 1 saturated heterocycles. The summed E-state index contributed by atoms with van der Waals surface area (Å²) in [6, 6.07) is 4.04. The Bertz CT molecular complexity index is 738. The molecule has 5 heteroatoms. The van der Waals surface area contributed by atoms with Crippen LogP contribution in [0, 0.1) is 24.7 Å². The molecule has 2 fully saturated rings. The number of piperidine rings is 1. The van der Waals surface area contributed by atoms with Crippen molar-refractivity contribution in [2.45, 2.75) is 32.6 Å². The summed E-state index contributed by atoms with van der Waals surface area (Å²) in [7, 11) is 0. The van der Waals surface area contributed by atoms with Gasteiger partial charge in [-0.05, 0) is 43.5 Å². The van der Waals surface area contributed by atoms with Crippen molar-refractivity contribution in [3.05, 3.63) is 29.7 Å². The summed E-state index contributed by atoms with van der Waals surface area (Å²) in [6.45, 7) is 8.24. The van der Waals surface area contributed by atoms with Gasteiger partial charge in [-0.3, -0.25) is 9.20 Å². The quantitative estimate of drug-likeness (QED) is 0.934. The molecule has 3 atom stereocenters. The van der Waals surface area contributed by atoms with Gasteiger partial charge in [-0.15, -0.1) is 10.2 Å². The predicted octanol–water partition coefficient (Wildman–Crippen LogP) is 1.74. The molecule has 1 aliphatic heterocycles. The third-order valence-corrected chi connectivity index (χ3v) is 5.31. The smallest absolute Gasteiger partial charge is 0.163 e. The molecule has 0 amide bonds. The van der Waals surface area contributed by atoms with E-state index in [-0.39, 0.29) is 11.3 Å². The Morgan fingerprint density at radius 3 is 2.82 bits per heavy atom. The molecular formula is C17H22N4O. The van der Waals surface area contributed by atoms with Gasteiger partial charge in [0.2, 0.25) is 0 Å². The van der Waals surface area contributed by atoms with Crippen molar-refractivity contribution in [1.29, 1.82) is 0 Å². The van der Waals surface area contributed by atoms with Gasteiger partial charge in [0.1, 0.15) is 11.6 Å². The normalized spacial score (nSPS) is 27.1. The standard InChI is InChI=1S/C17H22N4O/c1-10-5-4-6-21-15(10)19-20-16(21)17(2,3)7-13(22)14-11-8-18-9-12(11)14/h4-6,11-12,14,18H,7-9H2,1-3H3/t11-,12+,14?. The molecule has 0 spiro atoms. The Kier molecular flexibility index (Phi) is 2.92. The number of ketones is 1. The minimum Gasteiger partial charge on any atom is -0.316 e. The van der Waals surface area contributed by atoms with Crippen LogP contribution < -0.4 is 5.32 Å². The molecule has 0 radical (unpaired) electrons. The van der Waals surface area contributed by atoms with Crippen LogP contribution in [0.1, 0.15) is 31.7 Å². The van der Waals surface area contributed by atoms with Gasteiger partial charge in [0.15, 0.2) is 5.65 Å². The Morgan fingerprint density at radius 1 is 1.36 bits per heavy atom. The number of hydrogen-bond donors (Lipinski definition) is 1. The molecule has 5 nitrogen and oxygen atoms in total. The third kappa shape index (κ3) is 1.99. The van der Waals surface area contributed by atoms with Crippen molar-refractivity contribution in [3.63, 3.8) is 0 Å². The van der Waals surface area contributed by atoms with Crippen LogP contribution in [0.25, 0.3) is 5.65 Å². The second-order valence-corrected chi connectivity index (χ2v) is 7.45. The van der Waals surface area contributed by atoms with E-state index in [1.165, 1.54) is 0 Å². The van der Waals surface area contributed by atoms with Crippen LogP contribution in [0.2, 0.25) is 0 Å². The van der Waals surface area contributed by atoms with E-state index in [0.29, 0.717) is 24.0 Å². The molecule has 4 rings (SSSR count). The molecule has 1 unspecified atom stereocenters. The third-order valence-electron chi connectivity index (χ3n) is 5.31. The minimum absolute atomic E-state index is 0.279. The van der Waals surface area contributed by atoms with Gasteiger partial charge < -0.3 is 5.32 Å². The number of carbonyl (C=O) groups is 1. The zero-order valence-corrected chi connectivity index (χ0v) is 13.3. The number of Topliss-reactive ketones (excluding diaryl/α,β-unsaturated/α-hetero) is 1. The maximum absolute atomic E-state index is 12.6. The molecule has 0 aromatic carbocycles. The second-order valence-electron chi connectivity index (χ2n) is 7.45. The van der Waals surface area contributed by atoms with Crippen LogP contribution in [0.4, 0.5) is 0 Å². The lowest BCUT2D eigenvalue weighted by Gasteiger charge is -2.22. The largest absolute Gasteiger partial charge is 0.316 e. The molecule has 2 aliphatic rings. The van der Waals surface area contributed by atoms with Gasteiger partial charge in [0.05, 0.1) is 0 Å². The van der Waals surface area contributed by atoms with Crippen molar-refractivity contribution >= 4 is 11.4 Å². The summed E-state index contributed by atoms with van der Waals surface area (Å²) >= 11 is 0. The van der Waals surface area contributed by atoms with E-state index >= 15 is 0 Å². The Labute approximate surface area is 130 Å². The summed E-state index contributed by atoms with van der Waals surface area (Å²) in [4.78, 5) is 12.6. The number of hydrogen-bond acceptors (Lipinski definition) is 4. The molecular weight excluding hydrogens is 276 g/mol. The zero-order chi connectivity index (χ0) is 15.5. The SMILES string of the molecule is Cc1cccn2c(C(C)(C)CC(=O)C3[C@H]4CNC[C@@H]34)nnc12. The van der Waals surface area contributed by atoms with Crippen molar-refractivity contribution in [1.82, 2.24) is 19.9 Å². The van der Waals surface area contributed by atoms with E-state index in [9.17, 15) is 4.79 Å². The summed E-state index contributed by atoms with van der Waals surface area (Å²) < 4.78 is 2.03. The van der Waals surface area contributed by atoms with E-state index in [2.05, 4.69) is 29.4 Å². The molecule has 2 aromatic heterocycles. The van der Waals surface area contributed by atoms with Gasteiger partial charge >= 0.3 is 0 Å². The Morgan fingerprint density at radius 2 is 2.09 bits per heavy atom.